The normalized spacial score (nSPS) is 12.1. The molecule has 2 heterocycles. The first-order valence-corrected chi connectivity index (χ1v) is 7.29. The zero-order chi connectivity index (χ0) is 13.8. The van der Waals surface area contributed by atoms with Crippen molar-refractivity contribution in [2.75, 3.05) is 5.32 Å². The Labute approximate surface area is 117 Å². The summed E-state index contributed by atoms with van der Waals surface area (Å²) < 4.78 is 1.75. The van der Waals surface area contributed by atoms with Crippen LogP contribution in [0.4, 0.5) is 5.82 Å². The summed E-state index contributed by atoms with van der Waals surface area (Å²) in [6, 6.07) is 6.67. The lowest BCUT2D eigenvalue weighted by Crippen LogP contribution is -2.13. The first-order chi connectivity index (χ1) is 9.17. The number of thiophene rings is 1. The van der Waals surface area contributed by atoms with Gasteiger partial charge in [-0.15, -0.1) is 11.3 Å². The predicted molar refractivity (Wildman–Crippen MR) is 78.3 cm³/mol. The molecule has 100 valence electrons. The summed E-state index contributed by atoms with van der Waals surface area (Å²) in [5, 5.41) is 19.1. The molecule has 0 saturated heterocycles. The summed E-state index contributed by atoms with van der Waals surface area (Å²) in [7, 11) is 1.87. The van der Waals surface area contributed by atoms with E-state index in [9.17, 15) is 5.26 Å². The molecular weight excluding hydrogens is 256 g/mol. The maximum Gasteiger partial charge on any atom is 0.142 e. The van der Waals surface area contributed by atoms with E-state index < -0.39 is 0 Å². The van der Waals surface area contributed by atoms with Crippen LogP contribution in [0.1, 0.15) is 41.9 Å². The van der Waals surface area contributed by atoms with Crippen LogP contribution in [0.3, 0.4) is 0 Å². The van der Waals surface area contributed by atoms with Crippen LogP contribution < -0.4 is 5.32 Å². The summed E-state index contributed by atoms with van der Waals surface area (Å²) >= 11 is 1.74. The number of rotatable bonds is 5. The second kappa shape index (κ2) is 5.89. The summed E-state index contributed by atoms with van der Waals surface area (Å²) in [6.45, 7) is 4.03. The topological polar surface area (TPSA) is 53.6 Å². The lowest BCUT2D eigenvalue weighted by molar-refractivity contribution is 0.667. The van der Waals surface area contributed by atoms with Gasteiger partial charge >= 0.3 is 0 Å². The fourth-order valence-electron chi connectivity index (χ4n) is 2.19. The zero-order valence-electron chi connectivity index (χ0n) is 11.5. The Morgan fingerprint density at radius 1 is 1.58 bits per heavy atom. The highest BCUT2D eigenvalue weighted by atomic mass is 32.1. The summed E-state index contributed by atoms with van der Waals surface area (Å²) in [5.74, 6) is 0.812. The van der Waals surface area contributed by atoms with E-state index in [1.54, 1.807) is 16.0 Å². The van der Waals surface area contributed by atoms with Crippen LogP contribution in [0.25, 0.3) is 0 Å². The minimum atomic E-state index is 0.242. The second-order valence-corrected chi connectivity index (χ2v) is 5.52. The van der Waals surface area contributed by atoms with Crippen molar-refractivity contribution in [2.45, 2.75) is 32.7 Å². The van der Waals surface area contributed by atoms with E-state index in [4.69, 9.17) is 0 Å². The number of nitrogens with one attached hydrogen (secondary N) is 1. The predicted octanol–water partition coefficient (Wildman–Crippen LogP) is 3.62. The summed E-state index contributed by atoms with van der Waals surface area (Å²) in [5.41, 5.74) is 1.41. The van der Waals surface area contributed by atoms with Crippen LogP contribution in [-0.2, 0) is 7.05 Å². The highest BCUT2D eigenvalue weighted by molar-refractivity contribution is 7.10. The van der Waals surface area contributed by atoms with E-state index in [0.29, 0.717) is 5.56 Å². The number of aromatic nitrogens is 2. The van der Waals surface area contributed by atoms with Crippen molar-refractivity contribution >= 4 is 17.2 Å². The Bertz CT molecular complexity index is 577. The Hall–Kier alpha value is -1.80. The molecule has 2 rings (SSSR count). The molecule has 2 aromatic rings. The second-order valence-electron chi connectivity index (χ2n) is 4.55. The van der Waals surface area contributed by atoms with Gasteiger partial charge in [0.1, 0.15) is 17.5 Å². The van der Waals surface area contributed by atoms with Gasteiger partial charge in [-0.2, -0.15) is 10.4 Å². The first-order valence-electron chi connectivity index (χ1n) is 6.41. The van der Waals surface area contributed by atoms with Crippen LogP contribution in [0.5, 0.6) is 0 Å². The molecule has 0 aromatic carbocycles. The van der Waals surface area contributed by atoms with Crippen molar-refractivity contribution in [1.29, 1.82) is 5.26 Å². The van der Waals surface area contributed by atoms with Crippen molar-refractivity contribution in [3.63, 3.8) is 0 Å². The third kappa shape index (κ3) is 2.79. The molecule has 19 heavy (non-hydrogen) atoms. The fourth-order valence-corrected chi connectivity index (χ4v) is 3.00. The number of aryl methyl sites for hydroxylation is 2. The van der Waals surface area contributed by atoms with Gasteiger partial charge in [0.15, 0.2) is 0 Å². The van der Waals surface area contributed by atoms with Crippen LogP contribution in [-0.4, -0.2) is 9.78 Å². The standard InChI is InChI=1S/C14H18N4S/c1-4-6-12(13-7-5-8-19-13)16-14-11(9-15)10(2)17-18(14)3/h5,7-8,12,16H,4,6H2,1-3H3. The first kappa shape index (κ1) is 13.6. The molecule has 0 aliphatic rings. The van der Waals surface area contributed by atoms with E-state index in [1.165, 1.54) is 4.88 Å². The average molecular weight is 274 g/mol. The van der Waals surface area contributed by atoms with Gasteiger partial charge in [0.2, 0.25) is 0 Å². The molecule has 2 aromatic heterocycles. The number of nitriles is 1. The molecule has 0 saturated carbocycles. The lowest BCUT2D eigenvalue weighted by atomic mass is 10.1. The third-order valence-electron chi connectivity index (χ3n) is 3.11. The highest BCUT2D eigenvalue weighted by Gasteiger charge is 2.18. The number of nitrogens with zero attached hydrogens (tertiary/aromatic N) is 3. The third-order valence-corrected chi connectivity index (χ3v) is 4.09. The molecule has 0 amide bonds. The van der Waals surface area contributed by atoms with Crippen molar-refractivity contribution in [3.05, 3.63) is 33.6 Å². The zero-order valence-corrected chi connectivity index (χ0v) is 12.3. The van der Waals surface area contributed by atoms with Gasteiger partial charge in [-0.25, -0.2) is 0 Å². The molecular formula is C14H18N4S. The summed E-state index contributed by atoms with van der Waals surface area (Å²) in [4.78, 5) is 1.30. The van der Waals surface area contributed by atoms with Crippen molar-refractivity contribution in [1.82, 2.24) is 9.78 Å². The van der Waals surface area contributed by atoms with Gasteiger partial charge in [-0.3, -0.25) is 4.68 Å². The number of hydrogen-bond donors (Lipinski definition) is 1. The van der Waals surface area contributed by atoms with E-state index in [-0.39, 0.29) is 6.04 Å². The number of hydrogen-bond acceptors (Lipinski definition) is 4. The van der Waals surface area contributed by atoms with E-state index in [0.717, 1.165) is 24.4 Å². The van der Waals surface area contributed by atoms with E-state index >= 15 is 0 Å². The van der Waals surface area contributed by atoms with E-state index in [1.807, 2.05) is 14.0 Å². The van der Waals surface area contributed by atoms with E-state index in [2.05, 4.69) is 40.9 Å². The molecule has 0 aliphatic heterocycles. The quantitative estimate of drug-likeness (QED) is 0.906. The summed E-state index contributed by atoms with van der Waals surface area (Å²) in [6.07, 6.45) is 2.13. The molecule has 5 heteroatoms. The minimum Gasteiger partial charge on any atom is -0.362 e. The SMILES string of the molecule is CCCC(Nc1c(C#N)c(C)nn1C)c1cccs1. The molecule has 0 radical (unpaired) electrons. The average Bonchev–Trinajstić information content (AvgIpc) is 2.98. The Morgan fingerprint density at radius 2 is 2.37 bits per heavy atom. The minimum absolute atomic E-state index is 0.242. The highest BCUT2D eigenvalue weighted by Crippen LogP contribution is 2.29. The van der Waals surface area contributed by atoms with Crippen LogP contribution in [0.2, 0.25) is 0 Å². The molecule has 1 atom stereocenters. The van der Waals surface area contributed by atoms with Gasteiger partial charge in [0.05, 0.1) is 11.7 Å². The maximum absolute atomic E-state index is 9.25. The molecule has 0 bridgehead atoms. The van der Waals surface area contributed by atoms with Gasteiger partial charge in [0, 0.05) is 11.9 Å². The van der Waals surface area contributed by atoms with Gasteiger partial charge in [-0.05, 0) is 24.8 Å². The molecule has 0 aliphatic carbocycles. The van der Waals surface area contributed by atoms with Crippen molar-refractivity contribution in [2.24, 2.45) is 7.05 Å². The van der Waals surface area contributed by atoms with Gasteiger partial charge in [0.25, 0.3) is 0 Å². The molecule has 4 nitrogen and oxygen atoms in total. The monoisotopic (exact) mass is 274 g/mol. The Balaban J connectivity index is 2.30. The lowest BCUT2D eigenvalue weighted by Gasteiger charge is -2.18. The van der Waals surface area contributed by atoms with Crippen LogP contribution in [0, 0.1) is 18.3 Å². The van der Waals surface area contributed by atoms with Crippen molar-refractivity contribution in [3.8, 4) is 6.07 Å². The van der Waals surface area contributed by atoms with Gasteiger partial charge < -0.3 is 5.32 Å². The Kier molecular flexibility index (Phi) is 4.23. The van der Waals surface area contributed by atoms with Crippen LogP contribution >= 0.6 is 11.3 Å². The maximum atomic E-state index is 9.25. The van der Waals surface area contributed by atoms with Crippen LogP contribution in [0.15, 0.2) is 17.5 Å². The molecule has 1 N–H and O–H groups in total. The van der Waals surface area contributed by atoms with Crippen molar-refractivity contribution < 1.29 is 0 Å². The largest absolute Gasteiger partial charge is 0.362 e. The Morgan fingerprint density at radius 3 is 2.95 bits per heavy atom. The van der Waals surface area contributed by atoms with Gasteiger partial charge in [-0.1, -0.05) is 19.4 Å². The number of anilines is 1. The molecule has 0 fully saturated rings. The fraction of sp³-hybridized carbons (Fsp3) is 0.429. The molecule has 0 spiro atoms. The smallest absolute Gasteiger partial charge is 0.142 e. The molecule has 1 unspecified atom stereocenters.